The van der Waals surface area contributed by atoms with Gasteiger partial charge >= 0.3 is 5.97 Å². The Kier molecular flexibility index (Phi) is 7.20. The van der Waals surface area contributed by atoms with Gasteiger partial charge in [-0.2, -0.15) is 0 Å². The SMILES string of the molecule is CCOC(=O)C=c1sc(=Cc2ccc(F)cc2)c(=O)n1CC(=O)N1CCCC(C)C1. The van der Waals surface area contributed by atoms with Crippen LogP contribution < -0.4 is 14.8 Å². The summed E-state index contributed by atoms with van der Waals surface area (Å²) >= 11 is 1.10. The Labute approximate surface area is 177 Å². The molecule has 8 heteroatoms. The van der Waals surface area contributed by atoms with E-state index >= 15 is 0 Å². The number of piperidine rings is 1. The number of nitrogens with zero attached hydrogens (tertiary/aromatic N) is 2. The lowest BCUT2D eigenvalue weighted by molar-refractivity contribution is -0.136. The van der Waals surface area contributed by atoms with Crippen LogP contribution in [0, 0.1) is 11.7 Å². The molecule has 0 N–H and O–H groups in total. The Bertz CT molecular complexity index is 1090. The first kappa shape index (κ1) is 22.0. The predicted octanol–water partition coefficient (Wildman–Crippen LogP) is 1.48. The van der Waals surface area contributed by atoms with Gasteiger partial charge in [0.25, 0.3) is 5.56 Å². The fourth-order valence-corrected chi connectivity index (χ4v) is 4.47. The topological polar surface area (TPSA) is 68.6 Å². The van der Waals surface area contributed by atoms with Crippen molar-refractivity contribution in [1.82, 2.24) is 9.47 Å². The molecule has 2 aromatic rings. The second kappa shape index (κ2) is 9.84. The number of likely N-dealkylation sites (tertiary alicyclic amines) is 1. The van der Waals surface area contributed by atoms with E-state index < -0.39 is 5.97 Å². The average Bonchev–Trinajstić information content (AvgIpc) is 2.98. The van der Waals surface area contributed by atoms with Crippen molar-refractivity contribution in [1.29, 1.82) is 0 Å². The highest BCUT2D eigenvalue weighted by atomic mass is 32.1. The van der Waals surface area contributed by atoms with Gasteiger partial charge in [0, 0.05) is 13.1 Å². The summed E-state index contributed by atoms with van der Waals surface area (Å²) in [6, 6.07) is 5.75. The van der Waals surface area contributed by atoms with Gasteiger partial charge < -0.3 is 9.64 Å². The van der Waals surface area contributed by atoms with Crippen LogP contribution >= 0.6 is 11.3 Å². The highest BCUT2D eigenvalue weighted by Crippen LogP contribution is 2.15. The molecule has 1 aromatic heterocycles. The smallest absolute Gasteiger partial charge is 0.333 e. The van der Waals surface area contributed by atoms with Gasteiger partial charge in [0.1, 0.15) is 17.0 Å². The quantitative estimate of drug-likeness (QED) is 0.672. The first-order chi connectivity index (χ1) is 14.4. The van der Waals surface area contributed by atoms with Crippen LogP contribution in [0.25, 0.3) is 12.2 Å². The van der Waals surface area contributed by atoms with Crippen LogP contribution in [-0.4, -0.2) is 41.0 Å². The Morgan fingerprint density at radius 1 is 1.30 bits per heavy atom. The van der Waals surface area contributed by atoms with E-state index in [0.717, 1.165) is 24.2 Å². The molecule has 1 aromatic carbocycles. The summed E-state index contributed by atoms with van der Waals surface area (Å²) in [4.78, 5) is 39.6. The summed E-state index contributed by atoms with van der Waals surface area (Å²) in [7, 11) is 0. The molecule has 1 atom stereocenters. The Morgan fingerprint density at radius 3 is 2.70 bits per heavy atom. The molecule has 30 heavy (non-hydrogen) atoms. The molecule has 0 saturated carbocycles. The highest BCUT2D eigenvalue weighted by Gasteiger charge is 2.22. The van der Waals surface area contributed by atoms with Crippen LogP contribution in [0.15, 0.2) is 29.1 Å². The Hall–Kier alpha value is -2.74. The van der Waals surface area contributed by atoms with E-state index in [4.69, 9.17) is 4.74 Å². The third kappa shape index (κ3) is 5.44. The maximum atomic E-state index is 13.2. The predicted molar refractivity (Wildman–Crippen MR) is 114 cm³/mol. The number of benzene rings is 1. The molecular formula is C22H25FN2O4S. The minimum atomic E-state index is -0.570. The van der Waals surface area contributed by atoms with Gasteiger partial charge in [0.15, 0.2) is 0 Å². The Balaban J connectivity index is 2.00. The normalized spacial score (nSPS) is 18.0. The number of carbonyl (C=O) groups excluding carboxylic acids is 2. The van der Waals surface area contributed by atoms with Crippen molar-refractivity contribution in [2.75, 3.05) is 19.7 Å². The summed E-state index contributed by atoms with van der Waals surface area (Å²) in [5, 5.41) is 0. The number of thiazole rings is 1. The number of halogens is 1. The summed E-state index contributed by atoms with van der Waals surface area (Å²) in [6.07, 6.45) is 4.89. The zero-order chi connectivity index (χ0) is 21.7. The van der Waals surface area contributed by atoms with Gasteiger partial charge in [-0.1, -0.05) is 19.1 Å². The van der Waals surface area contributed by atoms with E-state index in [1.165, 1.54) is 22.8 Å². The number of carbonyl (C=O) groups is 2. The van der Waals surface area contributed by atoms with Gasteiger partial charge in [-0.05, 0) is 49.5 Å². The third-order valence-electron chi connectivity index (χ3n) is 4.94. The number of ether oxygens (including phenoxy) is 1. The van der Waals surface area contributed by atoms with E-state index in [1.54, 1.807) is 30.0 Å². The highest BCUT2D eigenvalue weighted by molar-refractivity contribution is 7.07. The minimum Gasteiger partial charge on any atom is -0.463 e. The molecule has 1 unspecified atom stereocenters. The molecule has 3 rings (SSSR count). The molecule has 0 spiro atoms. The fourth-order valence-electron chi connectivity index (χ4n) is 3.44. The van der Waals surface area contributed by atoms with Crippen molar-refractivity contribution >= 4 is 35.4 Å². The molecule has 0 radical (unpaired) electrons. The summed E-state index contributed by atoms with van der Waals surface area (Å²) in [5.41, 5.74) is 0.291. The molecule has 6 nitrogen and oxygen atoms in total. The van der Waals surface area contributed by atoms with Crippen molar-refractivity contribution in [2.24, 2.45) is 5.92 Å². The summed E-state index contributed by atoms with van der Waals surface area (Å²) in [5.74, 6) is -0.656. The van der Waals surface area contributed by atoms with Gasteiger partial charge in [-0.15, -0.1) is 11.3 Å². The average molecular weight is 433 g/mol. The zero-order valence-electron chi connectivity index (χ0n) is 17.1. The van der Waals surface area contributed by atoms with Gasteiger partial charge in [-0.25, -0.2) is 9.18 Å². The number of esters is 1. The van der Waals surface area contributed by atoms with Crippen molar-refractivity contribution in [3.05, 3.63) is 55.2 Å². The lowest BCUT2D eigenvalue weighted by atomic mass is 10.0. The molecule has 0 aliphatic carbocycles. The van der Waals surface area contributed by atoms with Crippen molar-refractivity contribution in [2.45, 2.75) is 33.2 Å². The zero-order valence-corrected chi connectivity index (χ0v) is 17.9. The van der Waals surface area contributed by atoms with Gasteiger partial charge in [0.2, 0.25) is 5.91 Å². The van der Waals surface area contributed by atoms with Crippen LogP contribution in [0.5, 0.6) is 0 Å². The van der Waals surface area contributed by atoms with Crippen LogP contribution in [-0.2, 0) is 20.9 Å². The molecule has 1 amide bonds. The van der Waals surface area contributed by atoms with E-state index in [9.17, 15) is 18.8 Å². The fraction of sp³-hybridized carbons (Fsp3) is 0.409. The minimum absolute atomic E-state index is 0.134. The van der Waals surface area contributed by atoms with Crippen LogP contribution in [0.3, 0.4) is 0 Å². The van der Waals surface area contributed by atoms with Crippen molar-refractivity contribution in [3.63, 3.8) is 0 Å². The molecule has 1 aliphatic rings. The second-order valence-electron chi connectivity index (χ2n) is 7.38. The number of hydrogen-bond donors (Lipinski definition) is 0. The molecule has 160 valence electrons. The number of hydrogen-bond acceptors (Lipinski definition) is 5. The maximum Gasteiger partial charge on any atom is 0.333 e. The molecule has 1 fully saturated rings. The maximum absolute atomic E-state index is 13.2. The number of amides is 1. The van der Waals surface area contributed by atoms with Crippen molar-refractivity contribution < 1.29 is 18.7 Å². The lowest BCUT2D eigenvalue weighted by Crippen LogP contribution is -2.44. The van der Waals surface area contributed by atoms with E-state index in [1.807, 2.05) is 0 Å². The van der Waals surface area contributed by atoms with E-state index in [-0.39, 0.29) is 30.4 Å². The monoisotopic (exact) mass is 432 g/mol. The molecule has 0 bridgehead atoms. The van der Waals surface area contributed by atoms with Crippen LogP contribution in [0.4, 0.5) is 4.39 Å². The molecular weight excluding hydrogens is 407 g/mol. The molecule has 1 saturated heterocycles. The Morgan fingerprint density at radius 2 is 2.03 bits per heavy atom. The largest absolute Gasteiger partial charge is 0.463 e. The van der Waals surface area contributed by atoms with E-state index in [0.29, 0.717) is 33.8 Å². The molecule has 1 aliphatic heterocycles. The van der Waals surface area contributed by atoms with E-state index in [2.05, 4.69) is 6.92 Å². The molecule has 2 heterocycles. The first-order valence-electron chi connectivity index (χ1n) is 10.0. The number of rotatable bonds is 5. The standard InChI is InChI=1S/C22H25FN2O4S/c1-3-29-21(27)12-20-25(14-19(26)24-10-4-5-15(2)13-24)22(28)18(30-20)11-16-6-8-17(23)9-7-16/h6-9,11-12,15H,3-5,10,13-14H2,1-2H3. The first-order valence-corrected chi connectivity index (χ1v) is 10.8. The number of aromatic nitrogens is 1. The van der Waals surface area contributed by atoms with Gasteiger partial charge in [0.05, 0.1) is 17.2 Å². The lowest BCUT2D eigenvalue weighted by Gasteiger charge is -2.31. The third-order valence-corrected chi connectivity index (χ3v) is 6.00. The summed E-state index contributed by atoms with van der Waals surface area (Å²) in [6.45, 7) is 5.22. The van der Waals surface area contributed by atoms with Gasteiger partial charge in [-0.3, -0.25) is 14.2 Å². The summed E-state index contributed by atoms with van der Waals surface area (Å²) < 4.78 is 20.2. The van der Waals surface area contributed by atoms with Crippen molar-refractivity contribution in [3.8, 4) is 0 Å². The van der Waals surface area contributed by atoms with Crippen LogP contribution in [0.2, 0.25) is 0 Å². The van der Waals surface area contributed by atoms with Crippen LogP contribution in [0.1, 0.15) is 32.3 Å². The second-order valence-corrected chi connectivity index (χ2v) is 8.44.